The van der Waals surface area contributed by atoms with Crippen molar-refractivity contribution in [2.24, 2.45) is 5.10 Å². The van der Waals surface area contributed by atoms with E-state index in [1.54, 1.807) is 18.3 Å². The highest BCUT2D eigenvalue weighted by Gasteiger charge is 2.37. The molecule has 154 valence electrons. The van der Waals surface area contributed by atoms with Gasteiger partial charge in [-0.05, 0) is 81.5 Å². The lowest BCUT2D eigenvalue weighted by atomic mass is 9.79. The van der Waals surface area contributed by atoms with E-state index >= 15 is 0 Å². The molecule has 6 heteroatoms. The standard InChI is InChI=1S/C23H27Cl2N3O/c1-14(2)28-21-9-6-16(10-19(21)15(3)12-23(28,4)5)13-26-27-22(29)18-8-7-17(24)11-20(18)25/h6-11,13-15H,12H2,1-5H3,(H,27,29)/b26-13+. The molecule has 0 fully saturated rings. The molecule has 0 bridgehead atoms. The number of benzene rings is 2. The third-order valence-corrected chi connectivity index (χ3v) is 5.92. The number of hydrogen-bond acceptors (Lipinski definition) is 3. The number of hydrogen-bond donors (Lipinski definition) is 1. The van der Waals surface area contributed by atoms with Crippen molar-refractivity contribution in [3.05, 3.63) is 63.1 Å². The molecular formula is C23H27Cl2N3O. The molecule has 1 heterocycles. The first kappa shape index (κ1) is 21.7. The van der Waals surface area contributed by atoms with Crippen molar-refractivity contribution in [2.45, 2.75) is 58.5 Å². The van der Waals surface area contributed by atoms with Gasteiger partial charge in [-0.3, -0.25) is 4.79 Å². The SMILES string of the molecule is CC1CC(C)(C)N(C(C)C)c2ccc(/C=N/NC(=O)c3ccc(Cl)cc3Cl)cc21. The Morgan fingerprint density at radius 2 is 1.97 bits per heavy atom. The maximum absolute atomic E-state index is 12.3. The van der Waals surface area contributed by atoms with E-state index in [1.165, 1.54) is 17.3 Å². The molecule has 2 aromatic carbocycles. The summed E-state index contributed by atoms with van der Waals surface area (Å²) in [5, 5.41) is 4.89. The maximum atomic E-state index is 12.3. The van der Waals surface area contributed by atoms with Crippen LogP contribution in [0.3, 0.4) is 0 Å². The summed E-state index contributed by atoms with van der Waals surface area (Å²) in [6, 6.07) is 11.5. The molecule has 1 unspecified atom stereocenters. The second-order valence-corrected chi connectivity index (χ2v) is 9.37. The number of fused-ring (bicyclic) bond motifs is 1. The van der Waals surface area contributed by atoms with E-state index in [4.69, 9.17) is 23.2 Å². The molecule has 1 atom stereocenters. The van der Waals surface area contributed by atoms with Crippen molar-refractivity contribution in [1.29, 1.82) is 0 Å². The van der Waals surface area contributed by atoms with Crippen molar-refractivity contribution in [3.8, 4) is 0 Å². The van der Waals surface area contributed by atoms with Crippen LogP contribution < -0.4 is 10.3 Å². The summed E-state index contributed by atoms with van der Waals surface area (Å²) in [6.07, 6.45) is 2.75. The molecular weight excluding hydrogens is 405 g/mol. The molecule has 0 radical (unpaired) electrons. The quantitative estimate of drug-likeness (QED) is 0.458. The molecule has 0 saturated carbocycles. The molecule has 1 aliphatic heterocycles. The van der Waals surface area contributed by atoms with Gasteiger partial charge in [0, 0.05) is 22.3 Å². The highest BCUT2D eigenvalue weighted by molar-refractivity contribution is 6.36. The molecule has 1 N–H and O–H groups in total. The highest BCUT2D eigenvalue weighted by Crippen LogP contribution is 2.44. The normalized spacial score (nSPS) is 18.2. The molecule has 0 spiro atoms. The van der Waals surface area contributed by atoms with Crippen LogP contribution in [0.4, 0.5) is 5.69 Å². The molecule has 1 amide bonds. The summed E-state index contributed by atoms with van der Waals surface area (Å²) in [6.45, 7) is 11.3. The predicted octanol–water partition coefficient (Wildman–Crippen LogP) is 6.26. The van der Waals surface area contributed by atoms with Gasteiger partial charge < -0.3 is 4.90 Å². The zero-order chi connectivity index (χ0) is 21.3. The summed E-state index contributed by atoms with van der Waals surface area (Å²) in [5.41, 5.74) is 6.52. The van der Waals surface area contributed by atoms with Crippen molar-refractivity contribution >= 4 is 41.0 Å². The average Bonchev–Trinajstić information content (AvgIpc) is 2.61. The zero-order valence-electron chi connectivity index (χ0n) is 17.5. The fraction of sp³-hybridized carbons (Fsp3) is 0.391. The maximum Gasteiger partial charge on any atom is 0.272 e. The molecule has 2 aromatic rings. The minimum atomic E-state index is -0.373. The van der Waals surface area contributed by atoms with Crippen molar-refractivity contribution < 1.29 is 4.79 Å². The molecule has 0 aromatic heterocycles. The Kier molecular flexibility index (Phi) is 6.25. The number of carbonyl (C=O) groups excluding carboxylic acids is 1. The Morgan fingerprint density at radius 1 is 1.24 bits per heavy atom. The third kappa shape index (κ3) is 4.59. The number of anilines is 1. The largest absolute Gasteiger partial charge is 0.364 e. The topological polar surface area (TPSA) is 44.7 Å². The lowest BCUT2D eigenvalue weighted by molar-refractivity contribution is 0.0955. The summed E-state index contributed by atoms with van der Waals surface area (Å²) in [5.74, 6) is 0.0767. The van der Waals surface area contributed by atoms with Crippen LogP contribution in [0, 0.1) is 0 Å². The first-order valence-corrected chi connectivity index (χ1v) is 10.6. The molecule has 29 heavy (non-hydrogen) atoms. The Balaban J connectivity index is 1.79. The number of halogens is 2. The summed E-state index contributed by atoms with van der Waals surface area (Å²) in [4.78, 5) is 14.8. The van der Waals surface area contributed by atoms with Gasteiger partial charge in [0.25, 0.3) is 5.91 Å². The minimum absolute atomic E-state index is 0.113. The van der Waals surface area contributed by atoms with Crippen LogP contribution in [-0.4, -0.2) is 23.7 Å². The lowest BCUT2D eigenvalue weighted by Gasteiger charge is -2.50. The second kappa shape index (κ2) is 8.37. The average molecular weight is 432 g/mol. The van der Waals surface area contributed by atoms with E-state index in [0.29, 0.717) is 27.6 Å². The van der Waals surface area contributed by atoms with E-state index in [1.807, 2.05) is 6.07 Å². The number of carbonyl (C=O) groups is 1. The van der Waals surface area contributed by atoms with Crippen LogP contribution in [0.2, 0.25) is 10.0 Å². The summed E-state index contributed by atoms with van der Waals surface area (Å²) >= 11 is 12.0. The lowest BCUT2D eigenvalue weighted by Crippen LogP contribution is -2.51. The molecule has 1 aliphatic rings. The zero-order valence-corrected chi connectivity index (χ0v) is 19.0. The number of amides is 1. The Morgan fingerprint density at radius 3 is 2.62 bits per heavy atom. The third-order valence-electron chi connectivity index (χ3n) is 5.37. The fourth-order valence-electron chi connectivity index (χ4n) is 4.43. The number of rotatable bonds is 4. The van der Waals surface area contributed by atoms with Gasteiger partial charge in [-0.1, -0.05) is 36.2 Å². The molecule has 3 rings (SSSR count). The Hall–Kier alpha value is -2.04. The Labute approximate surface area is 182 Å². The van der Waals surface area contributed by atoms with E-state index in [-0.39, 0.29) is 11.4 Å². The number of nitrogens with one attached hydrogen (secondary N) is 1. The number of nitrogens with zero attached hydrogens (tertiary/aromatic N) is 2. The first-order chi connectivity index (χ1) is 13.6. The number of hydrazone groups is 1. The van der Waals surface area contributed by atoms with Gasteiger partial charge in [0.05, 0.1) is 16.8 Å². The molecule has 4 nitrogen and oxygen atoms in total. The van der Waals surface area contributed by atoms with E-state index in [9.17, 15) is 4.79 Å². The second-order valence-electron chi connectivity index (χ2n) is 8.52. The first-order valence-electron chi connectivity index (χ1n) is 9.82. The molecule has 0 saturated heterocycles. The monoisotopic (exact) mass is 431 g/mol. The van der Waals surface area contributed by atoms with Crippen LogP contribution in [0.1, 0.15) is 68.4 Å². The van der Waals surface area contributed by atoms with E-state index in [2.05, 4.69) is 62.2 Å². The fourth-order valence-corrected chi connectivity index (χ4v) is 4.92. The van der Waals surface area contributed by atoms with Gasteiger partial charge in [0.2, 0.25) is 0 Å². The van der Waals surface area contributed by atoms with Gasteiger partial charge in [-0.2, -0.15) is 5.10 Å². The van der Waals surface area contributed by atoms with E-state index < -0.39 is 0 Å². The van der Waals surface area contributed by atoms with Gasteiger partial charge in [-0.25, -0.2) is 5.43 Å². The van der Waals surface area contributed by atoms with Crippen molar-refractivity contribution in [2.75, 3.05) is 4.90 Å². The van der Waals surface area contributed by atoms with E-state index in [0.717, 1.165) is 12.0 Å². The van der Waals surface area contributed by atoms with Gasteiger partial charge >= 0.3 is 0 Å². The predicted molar refractivity (Wildman–Crippen MR) is 123 cm³/mol. The van der Waals surface area contributed by atoms with Crippen molar-refractivity contribution in [3.63, 3.8) is 0 Å². The minimum Gasteiger partial charge on any atom is -0.364 e. The van der Waals surface area contributed by atoms with Crippen molar-refractivity contribution in [1.82, 2.24) is 5.43 Å². The van der Waals surface area contributed by atoms with Crippen LogP contribution in [0.15, 0.2) is 41.5 Å². The highest BCUT2D eigenvalue weighted by atomic mass is 35.5. The van der Waals surface area contributed by atoms with Crippen LogP contribution in [-0.2, 0) is 0 Å². The van der Waals surface area contributed by atoms with Gasteiger partial charge in [-0.15, -0.1) is 0 Å². The Bertz CT molecular complexity index is 953. The van der Waals surface area contributed by atoms with Crippen LogP contribution in [0.25, 0.3) is 0 Å². The summed E-state index contributed by atoms with van der Waals surface area (Å²) in [7, 11) is 0. The smallest absolute Gasteiger partial charge is 0.272 e. The van der Waals surface area contributed by atoms with Gasteiger partial charge in [0.15, 0.2) is 0 Å². The summed E-state index contributed by atoms with van der Waals surface area (Å²) < 4.78 is 0. The van der Waals surface area contributed by atoms with Gasteiger partial charge in [0.1, 0.15) is 0 Å². The van der Waals surface area contributed by atoms with Crippen LogP contribution >= 0.6 is 23.2 Å². The van der Waals surface area contributed by atoms with Crippen LogP contribution in [0.5, 0.6) is 0 Å². The molecule has 0 aliphatic carbocycles.